The minimum Gasteiger partial charge on any atom is -0.367 e. The molecule has 1 aliphatic heterocycles. The smallest absolute Gasteiger partial charge is 0.143 e. The van der Waals surface area contributed by atoms with E-state index in [4.69, 9.17) is 0 Å². The number of hydrogen-bond donors (Lipinski definition) is 2. The summed E-state index contributed by atoms with van der Waals surface area (Å²) >= 11 is 3.44. The lowest BCUT2D eigenvalue weighted by Crippen LogP contribution is -2.50. The number of halogens is 1. The van der Waals surface area contributed by atoms with Crippen LogP contribution >= 0.6 is 15.9 Å². The number of nitrogens with zero attached hydrogens (tertiary/aromatic N) is 2. The zero-order chi connectivity index (χ0) is 12.3. The Morgan fingerprint density at radius 1 is 1.59 bits per heavy atom. The summed E-state index contributed by atoms with van der Waals surface area (Å²) in [7, 11) is 0. The first-order valence-electron chi connectivity index (χ1n) is 6.02. The summed E-state index contributed by atoms with van der Waals surface area (Å²) in [5, 5.41) is 6.96. The minimum absolute atomic E-state index is 0.338. The lowest BCUT2D eigenvalue weighted by Gasteiger charge is -2.39. The van der Waals surface area contributed by atoms with Gasteiger partial charge in [0, 0.05) is 18.8 Å². The van der Waals surface area contributed by atoms with Gasteiger partial charge in [-0.1, -0.05) is 13.8 Å². The Hall–Kier alpha value is -0.680. The van der Waals surface area contributed by atoms with Crippen LogP contribution in [0.2, 0.25) is 0 Å². The fourth-order valence-electron chi connectivity index (χ4n) is 2.26. The van der Waals surface area contributed by atoms with Crippen molar-refractivity contribution < 1.29 is 0 Å². The minimum atomic E-state index is 0.338. The van der Waals surface area contributed by atoms with Crippen molar-refractivity contribution in [3.63, 3.8) is 0 Å². The second kappa shape index (κ2) is 5.31. The molecule has 1 aliphatic rings. The predicted octanol–water partition coefficient (Wildman–Crippen LogP) is 2.43. The van der Waals surface area contributed by atoms with Crippen LogP contribution in [-0.2, 0) is 0 Å². The number of aromatic nitrogens is 2. The van der Waals surface area contributed by atoms with Gasteiger partial charge in [-0.15, -0.1) is 0 Å². The van der Waals surface area contributed by atoms with Gasteiger partial charge in [-0.3, -0.25) is 0 Å². The van der Waals surface area contributed by atoms with Gasteiger partial charge >= 0.3 is 0 Å². The molecule has 94 valence electrons. The Bertz CT molecular complexity index is 381. The van der Waals surface area contributed by atoms with Crippen LogP contribution in [0, 0.1) is 5.41 Å². The third-order valence-electron chi connectivity index (χ3n) is 3.47. The van der Waals surface area contributed by atoms with Crippen molar-refractivity contribution in [3.8, 4) is 0 Å². The topological polar surface area (TPSA) is 49.8 Å². The normalized spacial score (nSPS) is 23.4. The molecule has 1 aromatic rings. The quantitative estimate of drug-likeness (QED) is 0.900. The fourth-order valence-corrected chi connectivity index (χ4v) is 2.62. The molecule has 0 saturated carbocycles. The second-order valence-corrected chi connectivity index (χ2v) is 6.05. The highest BCUT2D eigenvalue weighted by Gasteiger charge is 2.31. The maximum Gasteiger partial charge on any atom is 0.143 e. The zero-order valence-electron chi connectivity index (χ0n) is 10.3. The van der Waals surface area contributed by atoms with E-state index in [-0.39, 0.29) is 0 Å². The predicted molar refractivity (Wildman–Crippen MR) is 73.0 cm³/mol. The summed E-state index contributed by atoms with van der Waals surface area (Å²) in [5.41, 5.74) is 0.338. The average Bonchev–Trinajstić information content (AvgIpc) is 2.29. The third kappa shape index (κ3) is 3.16. The number of piperidine rings is 1. The maximum atomic E-state index is 4.21. The SMILES string of the molecule is CC1(C)CCCNC1CNc1ncncc1Br. The molecule has 0 aliphatic carbocycles. The van der Waals surface area contributed by atoms with Crippen molar-refractivity contribution in [2.24, 2.45) is 5.41 Å². The Morgan fingerprint density at radius 2 is 2.41 bits per heavy atom. The van der Waals surface area contributed by atoms with Gasteiger partial charge in [-0.2, -0.15) is 0 Å². The summed E-state index contributed by atoms with van der Waals surface area (Å²) in [6.07, 6.45) is 5.86. The first-order valence-corrected chi connectivity index (χ1v) is 6.82. The van der Waals surface area contributed by atoms with Crippen LogP contribution in [0.1, 0.15) is 26.7 Å². The van der Waals surface area contributed by atoms with E-state index in [1.165, 1.54) is 12.8 Å². The van der Waals surface area contributed by atoms with E-state index in [9.17, 15) is 0 Å². The lowest BCUT2D eigenvalue weighted by molar-refractivity contribution is 0.188. The molecule has 0 spiro atoms. The Morgan fingerprint density at radius 3 is 3.12 bits per heavy atom. The van der Waals surface area contributed by atoms with Crippen molar-refractivity contribution in [2.75, 3.05) is 18.4 Å². The van der Waals surface area contributed by atoms with Gasteiger partial charge < -0.3 is 10.6 Å². The number of anilines is 1. The number of hydrogen-bond acceptors (Lipinski definition) is 4. The van der Waals surface area contributed by atoms with E-state index in [1.54, 1.807) is 12.5 Å². The Labute approximate surface area is 111 Å². The van der Waals surface area contributed by atoms with E-state index in [2.05, 4.69) is 50.4 Å². The molecule has 0 amide bonds. The van der Waals surface area contributed by atoms with Crippen molar-refractivity contribution in [1.29, 1.82) is 0 Å². The van der Waals surface area contributed by atoms with Crippen LogP contribution in [0.5, 0.6) is 0 Å². The molecule has 2 heterocycles. The highest BCUT2D eigenvalue weighted by molar-refractivity contribution is 9.10. The van der Waals surface area contributed by atoms with Crippen molar-refractivity contribution in [3.05, 3.63) is 17.0 Å². The van der Waals surface area contributed by atoms with Crippen LogP contribution in [0.15, 0.2) is 17.0 Å². The number of rotatable bonds is 3. The van der Waals surface area contributed by atoms with Crippen molar-refractivity contribution in [1.82, 2.24) is 15.3 Å². The van der Waals surface area contributed by atoms with E-state index in [0.717, 1.165) is 23.4 Å². The molecule has 17 heavy (non-hydrogen) atoms. The summed E-state index contributed by atoms with van der Waals surface area (Å²) in [5.74, 6) is 0.864. The summed E-state index contributed by atoms with van der Waals surface area (Å²) in [6.45, 7) is 6.64. The van der Waals surface area contributed by atoms with E-state index < -0.39 is 0 Å². The van der Waals surface area contributed by atoms with E-state index in [1.807, 2.05) is 0 Å². The van der Waals surface area contributed by atoms with Crippen LogP contribution in [0.4, 0.5) is 5.82 Å². The van der Waals surface area contributed by atoms with Crippen LogP contribution in [-0.4, -0.2) is 29.1 Å². The first-order chi connectivity index (χ1) is 8.09. The first kappa shape index (κ1) is 12.8. The molecule has 4 nitrogen and oxygen atoms in total. The van der Waals surface area contributed by atoms with Gasteiger partial charge in [0.25, 0.3) is 0 Å². The molecule has 2 N–H and O–H groups in total. The van der Waals surface area contributed by atoms with Gasteiger partial charge in [0.2, 0.25) is 0 Å². The molecule has 1 saturated heterocycles. The summed E-state index contributed by atoms with van der Waals surface area (Å²) in [4.78, 5) is 8.17. The van der Waals surface area contributed by atoms with Gasteiger partial charge in [0.05, 0.1) is 4.47 Å². The standard InChI is InChI=1S/C12H19BrN4/c1-12(2)4-3-5-15-10(12)7-16-11-9(13)6-14-8-17-11/h6,8,10,15H,3-5,7H2,1-2H3,(H,14,16,17). The molecule has 1 aromatic heterocycles. The van der Waals surface area contributed by atoms with Gasteiger partial charge in [0.15, 0.2) is 0 Å². The van der Waals surface area contributed by atoms with Crippen molar-refractivity contribution in [2.45, 2.75) is 32.7 Å². The molecular weight excluding hydrogens is 280 g/mol. The van der Waals surface area contributed by atoms with Crippen LogP contribution < -0.4 is 10.6 Å². The van der Waals surface area contributed by atoms with Crippen molar-refractivity contribution >= 4 is 21.7 Å². The maximum absolute atomic E-state index is 4.21. The van der Waals surface area contributed by atoms with Gasteiger partial charge in [-0.25, -0.2) is 9.97 Å². The largest absolute Gasteiger partial charge is 0.367 e. The van der Waals surface area contributed by atoms with Crippen LogP contribution in [0.25, 0.3) is 0 Å². The summed E-state index contributed by atoms with van der Waals surface area (Å²) in [6, 6.07) is 0.484. The lowest BCUT2D eigenvalue weighted by atomic mass is 9.77. The zero-order valence-corrected chi connectivity index (χ0v) is 11.9. The Kier molecular flexibility index (Phi) is 3.99. The van der Waals surface area contributed by atoms with E-state index >= 15 is 0 Å². The second-order valence-electron chi connectivity index (χ2n) is 5.20. The highest BCUT2D eigenvalue weighted by Crippen LogP contribution is 2.30. The highest BCUT2D eigenvalue weighted by atomic mass is 79.9. The molecule has 2 rings (SSSR count). The fraction of sp³-hybridized carbons (Fsp3) is 0.667. The Balaban J connectivity index is 1.96. The molecule has 5 heteroatoms. The monoisotopic (exact) mass is 298 g/mol. The van der Waals surface area contributed by atoms with Crippen LogP contribution in [0.3, 0.4) is 0 Å². The molecule has 1 fully saturated rings. The number of nitrogens with one attached hydrogen (secondary N) is 2. The summed E-state index contributed by atoms with van der Waals surface area (Å²) < 4.78 is 0.911. The molecular formula is C12H19BrN4. The van der Waals surface area contributed by atoms with Gasteiger partial charge in [0.1, 0.15) is 12.1 Å². The molecule has 0 aromatic carbocycles. The third-order valence-corrected chi connectivity index (χ3v) is 4.05. The molecule has 0 bridgehead atoms. The average molecular weight is 299 g/mol. The van der Waals surface area contributed by atoms with E-state index in [0.29, 0.717) is 11.5 Å². The molecule has 1 atom stereocenters. The molecule has 1 unspecified atom stereocenters. The molecule has 0 radical (unpaired) electrons. The van der Waals surface area contributed by atoms with Gasteiger partial charge in [-0.05, 0) is 40.7 Å².